The summed E-state index contributed by atoms with van der Waals surface area (Å²) in [5.74, 6) is 2.44. The molecule has 0 unspecified atom stereocenters. The molecule has 0 radical (unpaired) electrons. The van der Waals surface area contributed by atoms with Crippen molar-refractivity contribution in [3.8, 4) is 17.1 Å². The highest BCUT2D eigenvalue weighted by atomic mass is 16.5. The maximum atomic E-state index is 11.5. The Kier molecular flexibility index (Phi) is 6.97. The monoisotopic (exact) mass is 366 g/mol. The van der Waals surface area contributed by atoms with Crippen molar-refractivity contribution in [2.45, 2.75) is 71.1 Å². The summed E-state index contributed by atoms with van der Waals surface area (Å²) in [7, 11) is 0. The third-order valence-electron chi connectivity index (χ3n) is 5.50. The average Bonchev–Trinajstić information content (AvgIpc) is 2.70. The van der Waals surface area contributed by atoms with Gasteiger partial charge in [-0.1, -0.05) is 51.0 Å². The molecule has 4 nitrogen and oxygen atoms in total. The molecule has 4 heteroatoms. The molecule has 0 saturated heterocycles. The van der Waals surface area contributed by atoms with E-state index in [1.807, 2.05) is 6.92 Å². The zero-order valence-electron chi connectivity index (χ0n) is 16.5. The first-order valence-electron chi connectivity index (χ1n) is 10.3. The van der Waals surface area contributed by atoms with Crippen molar-refractivity contribution in [3.05, 3.63) is 42.2 Å². The minimum Gasteiger partial charge on any atom is -0.423 e. The van der Waals surface area contributed by atoms with Gasteiger partial charge >= 0.3 is 5.97 Å². The number of hydrogen-bond acceptors (Lipinski definition) is 4. The SMILES string of the molecule is CCCC(=O)Oc1cnc(-c2ccc(C3CCC(CCC)CC3)cc2)nc1. The van der Waals surface area contributed by atoms with E-state index in [1.54, 1.807) is 12.4 Å². The highest BCUT2D eigenvalue weighted by Gasteiger charge is 2.21. The van der Waals surface area contributed by atoms with Crippen molar-refractivity contribution < 1.29 is 9.53 Å². The number of ether oxygens (including phenoxy) is 1. The van der Waals surface area contributed by atoms with Gasteiger partial charge in [0.15, 0.2) is 11.6 Å². The average molecular weight is 367 g/mol. The van der Waals surface area contributed by atoms with Crippen LogP contribution in [-0.2, 0) is 4.79 Å². The lowest BCUT2D eigenvalue weighted by molar-refractivity contribution is -0.134. The summed E-state index contributed by atoms with van der Waals surface area (Å²) in [5, 5.41) is 0. The first-order chi connectivity index (χ1) is 13.2. The molecule has 0 atom stereocenters. The molecule has 1 aromatic carbocycles. The molecule has 1 aliphatic rings. The van der Waals surface area contributed by atoms with Crippen LogP contribution < -0.4 is 4.74 Å². The minimum atomic E-state index is -0.244. The Labute approximate surface area is 162 Å². The van der Waals surface area contributed by atoms with Gasteiger partial charge in [0, 0.05) is 12.0 Å². The van der Waals surface area contributed by atoms with Gasteiger partial charge in [-0.05, 0) is 49.5 Å². The van der Waals surface area contributed by atoms with Crippen molar-refractivity contribution in [1.82, 2.24) is 9.97 Å². The van der Waals surface area contributed by atoms with Crippen molar-refractivity contribution in [3.63, 3.8) is 0 Å². The number of carbonyl (C=O) groups excluding carboxylic acids is 1. The lowest BCUT2D eigenvalue weighted by Crippen LogP contribution is -2.13. The van der Waals surface area contributed by atoms with Crippen LogP contribution in [0.5, 0.6) is 5.75 Å². The number of esters is 1. The lowest BCUT2D eigenvalue weighted by Gasteiger charge is -2.28. The fourth-order valence-corrected chi connectivity index (χ4v) is 4.00. The molecule has 0 amide bonds. The van der Waals surface area contributed by atoms with Crippen molar-refractivity contribution >= 4 is 5.97 Å². The number of rotatable bonds is 7. The summed E-state index contributed by atoms with van der Waals surface area (Å²) in [6.45, 7) is 4.23. The van der Waals surface area contributed by atoms with Gasteiger partial charge in [0.25, 0.3) is 0 Å². The fraction of sp³-hybridized carbons (Fsp3) is 0.522. The Morgan fingerprint density at radius 3 is 2.26 bits per heavy atom. The molecule has 0 N–H and O–H groups in total. The molecule has 1 saturated carbocycles. The predicted octanol–water partition coefficient (Wildman–Crippen LogP) is 5.92. The van der Waals surface area contributed by atoms with Crippen LogP contribution in [-0.4, -0.2) is 15.9 Å². The Bertz CT molecular complexity index is 717. The third kappa shape index (κ3) is 5.38. The Hall–Kier alpha value is -2.23. The summed E-state index contributed by atoms with van der Waals surface area (Å²) in [6.07, 6.45) is 12.3. The second-order valence-corrected chi connectivity index (χ2v) is 7.59. The van der Waals surface area contributed by atoms with Crippen LogP contribution >= 0.6 is 0 Å². The van der Waals surface area contributed by atoms with Gasteiger partial charge < -0.3 is 4.74 Å². The van der Waals surface area contributed by atoms with Gasteiger partial charge in [-0.25, -0.2) is 9.97 Å². The van der Waals surface area contributed by atoms with Gasteiger partial charge in [-0.15, -0.1) is 0 Å². The predicted molar refractivity (Wildman–Crippen MR) is 108 cm³/mol. The van der Waals surface area contributed by atoms with Crippen LogP contribution in [0.3, 0.4) is 0 Å². The van der Waals surface area contributed by atoms with E-state index in [9.17, 15) is 4.79 Å². The quantitative estimate of drug-likeness (QED) is 0.570. The van der Waals surface area contributed by atoms with Gasteiger partial charge in [0.1, 0.15) is 0 Å². The van der Waals surface area contributed by atoms with E-state index in [1.165, 1.54) is 44.1 Å². The third-order valence-corrected chi connectivity index (χ3v) is 5.50. The van der Waals surface area contributed by atoms with Gasteiger partial charge in [0.2, 0.25) is 0 Å². The van der Waals surface area contributed by atoms with Crippen LogP contribution in [0.15, 0.2) is 36.7 Å². The second kappa shape index (κ2) is 9.63. The zero-order valence-corrected chi connectivity index (χ0v) is 16.5. The second-order valence-electron chi connectivity index (χ2n) is 7.59. The van der Waals surface area contributed by atoms with Crippen LogP contribution in [0.2, 0.25) is 0 Å². The molecule has 3 rings (SSSR count). The van der Waals surface area contributed by atoms with E-state index < -0.39 is 0 Å². The summed E-state index contributed by atoms with van der Waals surface area (Å²) >= 11 is 0. The van der Waals surface area contributed by atoms with E-state index in [0.29, 0.717) is 23.9 Å². The zero-order chi connectivity index (χ0) is 19.1. The highest BCUT2D eigenvalue weighted by Crippen LogP contribution is 2.37. The summed E-state index contributed by atoms with van der Waals surface area (Å²) in [6, 6.07) is 8.65. The molecule has 27 heavy (non-hydrogen) atoms. The maximum absolute atomic E-state index is 11.5. The number of benzene rings is 1. The summed E-state index contributed by atoms with van der Waals surface area (Å²) in [4.78, 5) is 20.2. The lowest BCUT2D eigenvalue weighted by atomic mass is 9.77. The molecule has 0 spiro atoms. The summed E-state index contributed by atoms with van der Waals surface area (Å²) < 4.78 is 5.21. The van der Waals surface area contributed by atoms with Crippen LogP contribution in [0.4, 0.5) is 0 Å². The molecule has 0 bridgehead atoms. The number of hydrogen-bond donors (Lipinski definition) is 0. The number of aromatic nitrogens is 2. The van der Waals surface area contributed by atoms with Gasteiger partial charge in [-0.3, -0.25) is 4.79 Å². The standard InChI is InChI=1S/C23H30N2O2/c1-3-5-17-7-9-18(10-8-17)19-11-13-20(14-12-19)23-24-15-21(16-25-23)27-22(26)6-4-2/h11-18H,3-10H2,1-2H3. The van der Waals surface area contributed by atoms with Crippen LogP contribution in [0.1, 0.15) is 76.7 Å². The van der Waals surface area contributed by atoms with E-state index in [2.05, 4.69) is 41.2 Å². The van der Waals surface area contributed by atoms with E-state index in [-0.39, 0.29) is 5.97 Å². The van der Waals surface area contributed by atoms with Crippen molar-refractivity contribution in [2.75, 3.05) is 0 Å². The molecular formula is C23H30N2O2. The van der Waals surface area contributed by atoms with Crippen LogP contribution in [0, 0.1) is 5.92 Å². The molecule has 2 aromatic rings. The van der Waals surface area contributed by atoms with Crippen molar-refractivity contribution in [2.24, 2.45) is 5.92 Å². The first kappa shape index (κ1) is 19.5. The Morgan fingerprint density at radius 2 is 1.67 bits per heavy atom. The fourth-order valence-electron chi connectivity index (χ4n) is 4.00. The summed E-state index contributed by atoms with van der Waals surface area (Å²) in [5.41, 5.74) is 2.42. The molecule has 144 valence electrons. The van der Waals surface area contributed by atoms with E-state index >= 15 is 0 Å². The topological polar surface area (TPSA) is 52.1 Å². The largest absolute Gasteiger partial charge is 0.423 e. The van der Waals surface area contributed by atoms with E-state index in [0.717, 1.165) is 17.9 Å². The number of nitrogens with zero attached hydrogens (tertiary/aromatic N) is 2. The molecule has 1 aromatic heterocycles. The molecule has 1 heterocycles. The normalized spacial score (nSPS) is 19.6. The van der Waals surface area contributed by atoms with Crippen LogP contribution in [0.25, 0.3) is 11.4 Å². The number of carbonyl (C=O) groups is 1. The molecule has 1 aliphatic carbocycles. The Morgan fingerprint density at radius 1 is 1.00 bits per heavy atom. The highest BCUT2D eigenvalue weighted by molar-refractivity contribution is 5.72. The molecular weight excluding hydrogens is 336 g/mol. The smallest absolute Gasteiger partial charge is 0.311 e. The first-order valence-corrected chi connectivity index (χ1v) is 10.3. The van der Waals surface area contributed by atoms with E-state index in [4.69, 9.17) is 4.74 Å². The van der Waals surface area contributed by atoms with Crippen molar-refractivity contribution in [1.29, 1.82) is 0 Å². The molecule has 1 fully saturated rings. The van der Waals surface area contributed by atoms with Gasteiger partial charge in [0.05, 0.1) is 12.4 Å². The maximum Gasteiger partial charge on any atom is 0.311 e. The molecule has 0 aliphatic heterocycles. The Balaban J connectivity index is 1.59. The van der Waals surface area contributed by atoms with Gasteiger partial charge in [-0.2, -0.15) is 0 Å². The minimum absolute atomic E-state index is 0.244.